The quantitative estimate of drug-likeness (QED) is 0.418. The standard InChI is InChI=1S/C18H30N4O4S.ClH/c1-19-27(24,25)15-4-5-16(21-11-12-26-2)17(13-15)22-18(23)6-3-14-7-9-20-10-8-14;/h4-5,13-14,19-21H,3,6-12H2,1-2H3,(H,22,23);1H. The molecule has 0 atom stereocenters. The molecule has 1 heterocycles. The van der Waals surface area contributed by atoms with Crippen molar-refractivity contribution >= 4 is 39.7 Å². The lowest BCUT2D eigenvalue weighted by Gasteiger charge is -2.22. The fraction of sp³-hybridized carbons (Fsp3) is 0.611. The Labute approximate surface area is 173 Å². The number of methoxy groups -OCH3 is 1. The maximum atomic E-state index is 12.4. The van der Waals surface area contributed by atoms with E-state index in [0.29, 0.717) is 36.9 Å². The third-order valence-electron chi connectivity index (χ3n) is 4.70. The topological polar surface area (TPSA) is 109 Å². The summed E-state index contributed by atoms with van der Waals surface area (Å²) >= 11 is 0. The highest BCUT2D eigenvalue weighted by Crippen LogP contribution is 2.26. The van der Waals surface area contributed by atoms with Gasteiger partial charge in [-0.1, -0.05) is 0 Å². The van der Waals surface area contributed by atoms with E-state index in [-0.39, 0.29) is 23.2 Å². The number of rotatable bonds is 10. The fourth-order valence-corrected chi connectivity index (χ4v) is 3.83. The molecule has 0 aliphatic carbocycles. The van der Waals surface area contributed by atoms with E-state index in [1.807, 2.05) is 0 Å². The predicted molar refractivity (Wildman–Crippen MR) is 114 cm³/mol. The molecule has 0 saturated carbocycles. The molecule has 1 aromatic carbocycles. The Morgan fingerprint density at radius 1 is 1.25 bits per heavy atom. The number of anilines is 2. The van der Waals surface area contributed by atoms with Gasteiger partial charge >= 0.3 is 0 Å². The van der Waals surface area contributed by atoms with Crippen LogP contribution >= 0.6 is 12.4 Å². The van der Waals surface area contributed by atoms with Gasteiger partial charge in [0.2, 0.25) is 15.9 Å². The molecule has 0 bridgehead atoms. The number of benzene rings is 1. The van der Waals surface area contributed by atoms with Crippen LogP contribution in [0.4, 0.5) is 11.4 Å². The highest BCUT2D eigenvalue weighted by atomic mass is 35.5. The van der Waals surface area contributed by atoms with Crippen LogP contribution in [0.2, 0.25) is 0 Å². The van der Waals surface area contributed by atoms with E-state index in [9.17, 15) is 13.2 Å². The molecule has 8 nitrogen and oxygen atoms in total. The van der Waals surface area contributed by atoms with Crippen LogP contribution in [0, 0.1) is 5.92 Å². The van der Waals surface area contributed by atoms with Crippen molar-refractivity contribution in [1.82, 2.24) is 10.0 Å². The number of halogens is 1. The molecular weight excluding hydrogens is 404 g/mol. The highest BCUT2D eigenvalue weighted by molar-refractivity contribution is 7.89. The zero-order valence-corrected chi connectivity index (χ0v) is 18.0. The second kappa shape index (κ2) is 12.2. The first-order valence-corrected chi connectivity index (χ1v) is 10.8. The molecule has 2 rings (SSSR count). The number of amides is 1. The van der Waals surface area contributed by atoms with Crippen LogP contribution in [0.5, 0.6) is 0 Å². The summed E-state index contributed by atoms with van der Waals surface area (Å²) in [6, 6.07) is 4.64. The Kier molecular flexibility index (Phi) is 10.8. The lowest BCUT2D eigenvalue weighted by atomic mass is 9.93. The minimum absolute atomic E-state index is 0. The maximum Gasteiger partial charge on any atom is 0.240 e. The molecule has 4 N–H and O–H groups in total. The van der Waals surface area contributed by atoms with Crippen molar-refractivity contribution in [1.29, 1.82) is 0 Å². The SMILES string of the molecule is CNS(=O)(=O)c1ccc(NCCOC)c(NC(=O)CCC2CCNCC2)c1.Cl. The Hall–Kier alpha value is -1.39. The van der Waals surface area contributed by atoms with E-state index >= 15 is 0 Å². The molecule has 1 aliphatic rings. The number of sulfonamides is 1. The first-order chi connectivity index (χ1) is 13.0. The number of ether oxygens (including phenoxy) is 1. The Morgan fingerprint density at radius 2 is 1.96 bits per heavy atom. The number of hydrogen-bond donors (Lipinski definition) is 4. The second-order valence-corrected chi connectivity index (χ2v) is 8.50. The third-order valence-corrected chi connectivity index (χ3v) is 6.12. The van der Waals surface area contributed by atoms with E-state index in [1.165, 1.54) is 19.2 Å². The van der Waals surface area contributed by atoms with Gasteiger partial charge in [-0.15, -0.1) is 12.4 Å². The molecular formula is C18H31ClN4O4S. The van der Waals surface area contributed by atoms with Crippen LogP contribution in [0.1, 0.15) is 25.7 Å². The van der Waals surface area contributed by atoms with E-state index in [0.717, 1.165) is 32.4 Å². The highest BCUT2D eigenvalue weighted by Gasteiger charge is 2.17. The van der Waals surface area contributed by atoms with Gasteiger partial charge < -0.3 is 20.7 Å². The van der Waals surface area contributed by atoms with E-state index in [4.69, 9.17) is 4.74 Å². The third kappa shape index (κ3) is 7.56. The molecule has 28 heavy (non-hydrogen) atoms. The normalized spacial score (nSPS) is 14.9. The minimum atomic E-state index is -3.59. The number of carbonyl (C=O) groups is 1. The Morgan fingerprint density at radius 3 is 2.61 bits per heavy atom. The molecule has 0 spiro atoms. The Bertz CT molecular complexity index is 724. The number of hydrogen-bond acceptors (Lipinski definition) is 6. The van der Waals surface area contributed by atoms with E-state index in [1.54, 1.807) is 13.2 Å². The van der Waals surface area contributed by atoms with Gasteiger partial charge in [0.05, 0.1) is 22.9 Å². The van der Waals surface area contributed by atoms with Crippen molar-refractivity contribution < 1.29 is 17.9 Å². The van der Waals surface area contributed by atoms with Crippen LogP contribution in [0.15, 0.2) is 23.1 Å². The van der Waals surface area contributed by atoms with E-state index < -0.39 is 10.0 Å². The maximum absolute atomic E-state index is 12.4. The van der Waals surface area contributed by atoms with Gasteiger partial charge in [-0.2, -0.15) is 0 Å². The molecule has 0 unspecified atom stereocenters. The first kappa shape index (κ1) is 24.6. The molecule has 0 aromatic heterocycles. The van der Waals surface area contributed by atoms with Crippen molar-refractivity contribution in [2.75, 3.05) is 51.0 Å². The number of carbonyl (C=O) groups excluding carboxylic acids is 1. The van der Waals surface area contributed by atoms with Crippen molar-refractivity contribution in [3.8, 4) is 0 Å². The Balaban J connectivity index is 0.00000392. The summed E-state index contributed by atoms with van der Waals surface area (Å²) < 4.78 is 31.5. The first-order valence-electron chi connectivity index (χ1n) is 9.27. The second-order valence-electron chi connectivity index (χ2n) is 6.61. The van der Waals surface area contributed by atoms with Crippen molar-refractivity contribution in [3.05, 3.63) is 18.2 Å². The van der Waals surface area contributed by atoms with Crippen LogP contribution in [-0.4, -0.2) is 54.7 Å². The molecule has 1 amide bonds. The zero-order valence-electron chi connectivity index (χ0n) is 16.4. The monoisotopic (exact) mass is 434 g/mol. The lowest BCUT2D eigenvalue weighted by molar-refractivity contribution is -0.116. The molecule has 10 heteroatoms. The van der Waals surface area contributed by atoms with Gasteiger partial charge in [0.15, 0.2) is 0 Å². The van der Waals surface area contributed by atoms with Crippen molar-refractivity contribution in [2.45, 2.75) is 30.6 Å². The summed E-state index contributed by atoms with van der Waals surface area (Å²) in [7, 11) is -0.625. The van der Waals surface area contributed by atoms with Crippen LogP contribution in [-0.2, 0) is 19.6 Å². The summed E-state index contributed by atoms with van der Waals surface area (Å²) in [5, 5.41) is 9.34. The average molecular weight is 435 g/mol. The smallest absolute Gasteiger partial charge is 0.240 e. The van der Waals surface area contributed by atoms with Crippen molar-refractivity contribution in [2.24, 2.45) is 5.92 Å². The van der Waals surface area contributed by atoms with Crippen LogP contribution in [0.25, 0.3) is 0 Å². The molecule has 1 saturated heterocycles. The predicted octanol–water partition coefficient (Wildman–Crippen LogP) is 1.79. The van der Waals surface area contributed by atoms with Gasteiger partial charge in [-0.25, -0.2) is 13.1 Å². The number of nitrogens with one attached hydrogen (secondary N) is 4. The van der Waals surface area contributed by atoms with Gasteiger partial charge in [0.25, 0.3) is 0 Å². The molecule has 160 valence electrons. The van der Waals surface area contributed by atoms with Crippen LogP contribution in [0.3, 0.4) is 0 Å². The lowest BCUT2D eigenvalue weighted by Crippen LogP contribution is -2.28. The van der Waals surface area contributed by atoms with Gasteiger partial charge in [-0.3, -0.25) is 4.79 Å². The minimum Gasteiger partial charge on any atom is -0.383 e. The number of piperidine rings is 1. The zero-order chi connectivity index (χ0) is 19.7. The van der Waals surface area contributed by atoms with Gasteiger partial charge in [-0.05, 0) is 63.5 Å². The van der Waals surface area contributed by atoms with Gasteiger partial charge in [0.1, 0.15) is 0 Å². The van der Waals surface area contributed by atoms with E-state index in [2.05, 4.69) is 20.7 Å². The fourth-order valence-electron chi connectivity index (χ4n) is 3.07. The van der Waals surface area contributed by atoms with Crippen LogP contribution < -0.4 is 20.7 Å². The molecule has 1 fully saturated rings. The summed E-state index contributed by atoms with van der Waals surface area (Å²) in [4.78, 5) is 12.5. The summed E-state index contributed by atoms with van der Waals surface area (Å²) in [5.74, 6) is 0.453. The molecule has 1 aliphatic heterocycles. The molecule has 0 radical (unpaired) electrons. The largest absolute Gasteiger partial charge is 0.383 e. The summed E-state index contributed by atoms with van der Waals surface area (Å²) in [6.07, 6.45) is 3.44. The summed E-state index contributed by atoms with van der Waals surface area (Å²) in [5.41, 5.74) is 1.12. The van der Waals surface area contributed by atoms with Gasteiger partial charge in [0, 0.05) is 20.1 Å². The average Bonchev–Trinajstić information content (AvgIpc) is 2.68. The molecule has 1 aromatic rings. The summed E-state index contributed by atoms with van der Waals surface area (Å²) in [6.45, 7) is 3.06. The van der Waals surface area contributed by atoms with Crippen molar-refractivity contribution in [3.63, 3.8) is 0 Å².